The number of methoxy groups -OCH3 is 1. The standard InChI is InChI=1S/C14H26N2O3/c1-12-7-4-5-10-16(12)13(17)11-15(2)9-6-8-14(18)19-3/h12H,4-11H2,1-3H3. The lowest BCUT2D eigenvalue weighted by atomic mass is 10.0. The maximum Gasteiger partial charge on any atom is 0.305 e. The van der Waals surface area contributed by atoms with Crippen LogP contribution >= 0.6 is 0 Å². The molecule has 1 fully saturated rings. The molecular formula is C14H26N2O3. The van der Waals surface area contributed by atoms with Crippen molar-refractivity contribution in [1.82, 2.24) is 9.80 Å². The second-order valence-electron chi connectivity index (χ2n) is 5.35. The van der Waals surface area contributed by atoms with Crippen LogP contribution in [0, 0.1) is 0 Å². The SMILES string of the molecule is COC(=O)CCCN(C)CC(=O)N1CCCCC1C. The molecule has 1 atom stereocenters. The third-order valence-electron chi connectivity index (χ3n) is 3.68. The van der Waals surface area contributed by atoms with E-state index in [1.54, 1.807) is 0 Å². The van der Waals surface area contributed by atoms with E-state index in [9.17, 15) is 9.59 Å². The maximum absolute atomic E-state index is 12.2. The summed E-state index contributed by atoms with van der Waals surface area (Å²) in [5.41, 5.74) is 0. The molecule has 1 unspecified atom stereocenters. The highest BCUT2D eigenvalue weighted by Crippen LogP contribution is 2.16. The van der Waals surface area contributed by atoms with Gasteiger partial charge in [0, 0.05) is 19.0 Å². The van der Waals surface area contributed by atoms with Crippen molar-refractivity contribution >= 4 is 11.9 Å². The number of hydrogen-bond acceptors (Lipinski definition) is 4. The molecule has 0 saturated carbocycles. The van der Waals surface area contributed by atoms with Crippen LogP contribution in [0.4, 0.5) is 0 Å². The monoisotopic (exact) mass is 270 g/mol. The van der Waals surface area contributed by atoms with Crippen LogP contribution in [-0.2, 0) is 14.3 Å². The lowest BCUT2D eigenvalue weighted by Crippen LogP contribution is -2.46. The highest BCUT2D eigenvalue weighted by Gasteiger charge is 2.23. The summed E-state index contributed by atoms with van der Waals surface area (Å²) in [6.45, 7) is 4.18. The summed E-state index contributed by atoms with van der Waals surface area (Å²) in [4.78, 5) is 27.1. The number of piperidine rings is 1. The van der Waals surface area contributed by atoms with Crippen molar-refractivity contribution < 1.29 is 14.3 Å². The van der Waals surface area contributed by atoms with E-state index in [1.807, 2.05) is 16.8 Å². The number of likely N-dealkylation sites (N-methyl/N-ethyl adjacent to an activating group) is 1. The van der Waals surface area contributed by atoms with Crippen molar-refractivity contribution in [2.45, 2.75) is 45.1 Å². The average Bonchev–Trinajstić information content (AvgIpc) is 2.38. The van der Waals surface area contributed by atoms with Gasteiger partial charge in [0.15, 0.2) is 0 Å². The van der Waals surface area contributed by atoms with Crippen LogP contribution in [0.5, 0.6) is 0 Å². The first-order valence-electron chi connectivity index (χ1n) is 7.09. The molecule has 5 heteroatoms. The number of amides is 1. The van der Waals surface area contributed by atoms with Crippen LogP contribution in [0.15, 0.2) is 0 Å². The lowest BCUT2D eigenvalue weighted by molar-refractivity contribution is -0.140. The Kier molecular flexibility index (Phi) is 6.84. The minimum Gasteiger partial charge on any atom is -0.469 e. The average molecular weight is 270 g/mol. The van der Waals surface area contributed by atoms with Gasteiger partial charge >= 0.3 is 5.97 Å². The van der Waals surface area contributed by atoms with Crippen molar-refractivity contribution in [2.75, 3.05) is 33.8 Å². The van der Waals surface area contributed by atoms with Crippen LogP contribution in [0.1, 0.15) is 39.0 Å². The number of nitrogens with zero attached hydrogens (tertiary/aromatic N) is 2. The number of ether oxygens (including phenoxy) is 1. The van der Waals surface area contributed by atoms with E-state index in [1.165, 1.54) is 13.5 Å². The predicted octanol–water partition coefficient (Wildman–Crippen LogP) is 1.27. The van der Waals surface area contributed by atoms with Gasteiger partial charge in [0.2, 0.25) is 5.91 Å². The fourth-order valence-electron chi connectivity index (χ4n) is 2.46. The van der Waals surface area contributed by atoms with E-state index in [4.69, 9.17) is 0 Å². The van der Waals surface area contributed by atoms with Crippen LogP contribution < -0.4 is 0 Å². The molecule has 0 aromatic carbocycles. The van der Waals surface area contributed by atoms with Gasteiger partial charge in [0.25, 0.3) is 0 Å². The highest BCUT2D eigenvalue weighted by molar-refractivity contribution is 5.78. The van der Waals surface area contributed by atoms with Gasteiger partial charge in [0.1, 0.15) is 0 Å². The third-order valence-corrected chi connectivity index (χ3v) is 3.68. The molecule has 0 spiro atoms. The molecule has 1 rings (SSSR count). The van der Waals surface area contributed by atoms with Gasteiger partial charge in [-0.1, -0.05) is 0 Å². The lowest BCUT2D eigenvalue weighted by Gasteiger charge is -2.34. The zero-order chi connectivity index (χ0) is 14.3. The van der Waals surface area contributed by atoms with Crippen molar-refractivity contribution in [3.63, 3.8) is 0 Å². The van der Waals surface area contributed by atoms with Gasteiger partial charge in [-0.05, 0) is 46.2 Å². The van der Waals surface area contributed by atoms with E-state index < -0.39 is 0 Å². The Hall–Kier alpha value is -1.10. The fraction of sp³-hybridized carbons (Fsp3) is 0.857. The summed E-state index contributed by atoms with van der Waals surface area (Å²) < 4.78 is 4.59. The number of rotatable bonds is 6. The maximum atomic E-state index is 12.2. The first-order chi connectivity index (χ1) is 9.04. The third kappa shape index (κ3) is 5.59. The van der Waals surface area contributed by atoms with Crippen molar-refractivity contribution in [2.24, 2.45) is 0 Å². The smallest absolute Gasteiger partial charge is 0.305 e. The number of carbonyl (C=O) groups excluding carboxylic acids is 2. The predicted molar refractivity (Wildman–Crippen MR) is 73.8 cm³/mol. The molecular weight excluding hydrogens is 244 g/mol. The first-order valence-corrected chi connectivity index (χ1v) is 7.09. The van der Waals surface area contributed by atoms with Crippen molar-refractivity contribution in [3.05, 3.63) is 0 Å². The molecule has 110 valence electrons. The summed E-state index contributed by atoms with van der Waals surface area (Å²) >= 11 is 0. The normalized spacial score (nSPS) is 19.6. The van der Waals surface area contributed by atoms with E-state index in [2.05, 4.69) is 11.7 Å². The molecule has 1 heterocycles. The van der Waals surface area contributed by atoms with Crippen LogP contribution in [0.2, 0.25) is 0 Å². The minimum absolute atomic E-state index is 0.190. The Labute approximate surface area is 115 Å². The Balaban J connectivity index is 2.25. The van der Waals surface area contributed by atoms with Crippen molar-refractivity contribution in [3.8, 4) is 0 Å². The molecule has 0 bridgehead atoms. The van der Waals surface area contributed by atoms with Crippen molar-refractivity contribution in [1.29, 1.82) is 0 Å². The quantitative estimate of drug-likeness (QED) is 0.682. The van der Waals surface area contributed by atoms with E-state index in [0.717, 1.165) is 32.4 Å². The van der Waals surface area contributed by atoms with Gasteiger partial charge in [-0.3, -0.25) is 14.5 Å². The molecule has 0 radical (unpaired) electrons. The summed E-state index contributed by atoms with van der Waals surface area (Å²) in [6.07, 6.45) is 4.58. The summed E-state index contributed by atoms with van der Waals surface area (Å²) in [7, 11) is 3.32. The van der Waals surface area contributed by atoms with E-state index >= 15 is 0 Å². The molecule has 1 amide bonds. The largest absolute Gasteiger partial charge is 0.469 e. The number of hydrogen-bond donors (Lipinski definition) is 0. The van der Waals surface area contributed by atoms with E-state index in [-0.39, 0.29) is 11.9 Å². The van der Waals surface area contributed by atoms with Crippen LogP contribution in [-0.4, -0.2) is 61.5 Å². The second-order valence-corrected chi connectivity index (χ2v) is 5.35. The molecule has 0 aromatic rings. The number of carbonyl (C=O) groups is 2. The molecule has 0 aromatic heterocycles. The molecule has 1 saturated heterocycles. The van der Waals surface area contributed by atoms with Crippen LogP contribution in [0.3, 0.4) is 0 Å². The Morgan fingerprint density at radius 1 is 1.37 bits per heavy atom. The van der Waals surface area contributed by atoms with Gasteiger partial charge in [-0.2, -0.15) is 0 Å². The Morgan fingerprint density at radius 2 is 2.11 bits per heavy atom. The fourth-order valence-corrected chi connectivity index (χ4v) is 2.46. The molecule has 5 nitrogen and oxygen atoms in total. The number of likely N-dealkylation sites (tertiary alicyclic amines) is 1. The Bertz CT molecular complexity index is 307. The summed E-state index contributed by atoms with van der Waals surface area (Å²) in [6, 6.07) is 0.365. The molecule has 1 aliphatic rings. The zero-order valence-corrected chi connectivity index (χ0v) is 12.4. The van der Waals surface area contributed by atoms with Gasteiger partial charge in [-0.25, -0.2) is 0 Å². The van der Waals surface area contributed by atoms with Gasteiger partial charge < -0.3 is 9.64 Å². The molecule has 0 N–H and O–H groups in total. The van der Waals surface area contributed by atoms with Crippen LogP contribution in [0.25, 0.3) is 0 Å². The molecule has 0 aliphatic carbocycles. The molecule has 1 aliphatic heterocycles. The highest BCUT2D eigenvalue weighted by atomic mass is 16.5. The topological polar surface area (TPSA) is 49.9 Å². The van der Waals surface area contributed by atoms with E-state index in [0.29, 0.717) is 19.0 Å². The summed E-state index contributed by atoms with van der Waals surface area (Å²) in [5, 5.41) is 0. The zero-order valence-electron chi connectivity index (χ0n) is 12.4. The number of esters is 1. The second kappa shape index (κ2) is 8.15. The molecule has 19 heavy (non-hydrogen) atoms. The minimum atomic E-state index is -0.190. The summed E-state index contributed by atoms with van der Waals surface area (Å²) in [5.74, 6) is 0.0112. The first kappa shape index (κ1) is 16.0. The van der Waals surface area contributed by atoms with Gasteiger partial charge in [-0.15, -0.1) is 0 Å². The van der Waals surface area contributed by atoms with Gasteiger partial charge in [0.05, 0.1) is 13.7 Å². The Morgan fingerprint density at radius 3 is 2.74 bits per heavy atom.